The number of furan rings is 1. The molecule has 1 aliphatic rings. The van der Waals surface area contributed by atoms with Gasteiger partial charge >= 0.3 is 0 Å². The maximum absolute atomic E-state index is 12.7. The van der Waals surface area contributed by atoms with Gasteiger partial charge in [0, 0.05) is 33.1 Å². The number of carbonyl (C=O) groups is 3. The average Bonchev–Trinajstić information content (AvgIpc) is 3.21. The summed E-state index contributed by atoms with van der Waals surface area (Å²) in [5, 5.41) is 0.411. The molecule has 142 valence electrons. The van der Waals surface area contributed by atoms with Crippen LogP contribution in [0.3, 0.4) is 0 Å². The Labute approximate surface area is 162 Å². The van der Waals surface area contributed by atoms with E-state index in [1.165, 1.54) is 18.1 Å². The van der Waals surface area contributed by atoms with E-state index < -0.39 is 0 Å². The van der Waals surface area contributed by atoms with Crippen molar-refractivity contribution in [2.24, 2.45) is 0 Å². The van der Waals surface area contributed by atoms with E-state index in [2.05, 4.69) is 0 Å². The molecule has 8 heteroatoms. The fourth-order valence-electron chi connectivity index (χ4n) is 2.99. The Morgan fingerprint density at radius 2 is 1.70 bits per heavy atom. The number of amides is 3. The fraction of sp³-hybridized carbons (Fsp3) is 0.316. The van der Waals surface area contributed by atoms with E-state index in [1.807, 2.05) is 0 Å². The van der Waals surface area contributed by atoms with Crippen LogP contribution < -0.4 is 4.90 Å². The number of para-hydroxylation sites is 1. The van der Waals surface area contributed by atoms with Crippen LogP contribution in [0.4, 0.5) is 5.69 Å². The molecule has 0 bridgehead atoms. The number of piperazine rings is 1. The molecule has 1 aliphatic heterocycles. The van der Waals surface area contributed by atoms with E-state index in [9.17, 15) is 14.4 Å². The first-order chi connectivity index (χ1) is 13.0. The number of hydrogen-bond acceptors (Lipinski definition) is 4. The highest BCUT2D eigenvalue weighted by Gasteiger charge is 2.28. The Kier molecular flexibility index (Phi) is 5.81. The molecule has 1 aromatic heterocycles. The lowest BCUT2D eigenvalue weighted by Crippen LogP contribution is -2.53. The van der Waals surface area contributed by atoms with Crippen LogP contribution in [0.2, 0.25) is 5.02 Å². The maximum atomic E-state index is 12.7. The first kappa shape index (κ1) is 19.0. The lowest BCUT2D eigenvalue weighted by molar-refractivity contribution is -0.132. The predicted molar refractivity (Wildman–Crippen MR) is 101 cm³/mol. The Bertz CT molecular complexity index is 829. The number of nitrogens with zero attached hydrogens (tertiary/aromatic N) is 3. The van der Waals surface area contributed by atoms with Crippen LogP contribution in [0, 0.1) is 0 Å². The second-order valence-corrected chi connectivity index (χ2v) is 6.61. The van der Waals surface area contributed by atoms with Crippen LogP contribution in [0.25, 0.3) is 0 Å². The normalized spacial score (nSPS) is 14.1. The molecule has 0 radical (unpaired) electrons. The first-order valence-electron chi connectivity index (χ1n) is 8.60. The van der Waals surface area contributed by atoms with Crippen molar-refractivity contribution in [3.05, 3.63) is 53.4 Å². The van der Waals surface area contributed by atoms with Crippen molar-refractivity contribution in [2.75, 3.05) is 37.6 Å². The van der Waals surface area contributed by atoms with Gasteiger partial charge < -0.3 is 19.1 Å². The van der Waals surface area contributed by atoms with Crippen molar-refractivity contribution < 1.29 is 18.8 Å². The molecule has 27 heavy (non-hydrogen) atoms. The zero-order valence-electron chi connectivity index (χ0n) is 14.9. The number of benzene rings is 1. The minimum atomic E-state index is -0.261. The van der Waals surface area contributed by atoms with Gasteiger partial charge in [-0.2, -0.15) is 0 Å². The van der Waals surface area contributed by atoms with Gasteiger partial charge in [-0.3, -0.25) is 14.4 Å². The van der Waals surface area contributed by atoms with Crippen LogP contribution in [-0.2, 0) is 9.59 Å². The quantitative estimate of drug-likeness (QED) is 0.804. The van der Waals surface area contributed by atoms with Gasteiger partial charge in [-0.05, 0) is 24.3 Å². The summed E-state index contributed by atoms with van der Waals surface area (Å²) in [6.07, 6.45) is 1.46. The topological polar surface area (TPSA) is 74.1 Å². The standard InChI is InChI=1S/C19H20ClN3O4/c1-14(24)23(16-6-3-2-5-15(16)20)13-18(25)21-8-10-22(11-9-21)19(26)17-7-4-12-27-17/h2-7,12H,8-11,13H2,1H3. The minimum Gasteiger partial charge on any atom is -0.459 e. The zero-order chi connectivity index (χ0) is 19.4. The molecule has 1 saturated heterocycles. The molecular formula is C19H20ClN3O4. The van der Waals surface area contributed by atoms with Gasteiger partial charge in [0.05, 0.1) is 17.0 Å². The van der Waals surface area contributed by atoms with Crippen LogP contribution in [0.1, 0.15) is 17.5 Å². The second kappa shape index (κ2) is 8.26. The lowest BCUT2D eigenvalue weighted by Gasteiger charge is -2.35. The summed E-state index contributed by atoms with van der Waals surface area (Å²) >= 11 is 6.16. The van der Waals surface area contributed by atoms with Gasteiger partial charge in [-0.25, -0.2) is 0 Å². The largest absolute Gasteiger partial charge is 0.459 e. The molecule has 0 unspecified atom stereocenters. The molecule has 0 aliphatic carbocycles. The molecule has 0 atom stereocenters. The summed E-state index contributed by atoms with van der Waals surface area (Å²) in [5.41, 5.74) is 0.506. The molecule has 0 N–H and O–H groups in total. The van der Waals surface area contributed by atoms with Gasteiger partial charge in [0.2, 0.25) is 11.8 Å². The molecule has 0 spiro atoms. The Balaban J connectivity index is 1.61. The average molecular weight is 390 g/mol. The summed E-state index contributed by atoms with van der Waals surface area (Å²) in [7, 11) is 0. The third-order valence-corrected chi connectivity index (χ3v) is 4.79. The molecule has 7 nitrogen and oxygen atoms in total. The fourth-order valence-corrected chi connectivity index (χ4v) is 3.22. The van der Waals surface area contributed by atoms with Crippen molar-refractivity contribution >= 4 is 35.0 Å². The van der Waals surface area contributed by atoms with Crippen molar-refractivity contribution in [1.29, 1.82) is 0 Å². The summed E-state index contributed by atoms with van der Waals surface area (Å²) in [6.45, 7) is 2.94. The molecular weight excluding hydrogens is 370 g/mol. The van der Waals surface area contributed by atoms with Crippen molar-refractivity contribution in [3.8, 4) is 0 Å². The predicted octanol–water partition coefficient (Wildman–Crippen LogP) is 2.27. The van der Waals surface area contributed by atoms with Crippen LogP contribution >= 0.6 is 11.6 Å². The maximum Gasteiger partial charge on any atom is 0.289 e. The van der Waals surface area contributed by atoms with E-state index in [0.29, 0.717) is 36.9 Å². The number of hydrogen-bond donors (Lipinski definition) is 0. The number of anilines is 1. The Morgan fingerprint density at radius 3 is 2.30 bits per heavy atom. The van der Waals surface area contributed by atoms with Crippen LogP contribution in [-0.4, -0.2) is 60.2 Å². The molecule has 1 aromatic carbocycles. The van der Waals surface area contributed by atoms with E-state index in [1.54, 1.807) is 46.2 Å². The number of halogens is 1. The molecule has 0 saturated carbocycles. The van der Waals surface area contributed by atoms with Crippen molar-refractivity contribution in [3.63, 3.8) is 0 Å². The third kappa shape index (κ3) is 4.31. The molecule has 3 amide bonds. The van der Waals surface area contributed by atoms with Gasteiger partial charge in [0.25, 0.3) is 5.91 Å². The van der Waals surface area contributed by atoms with E-state index in [4.69, 9.17) is 16.0 Å². The number of carbonyl (C=O) groups excluding carboxylic acids is 3. The van der Waals surface area contributed by atoms with Crippen molar-refractivity contribution in [2.45, 2.75) is 6.92 Å². The molecule has 3 rings (SSSR count). The Morgan fingerprint density at radius 1 is 1.04 bits per heavy atom. The van der Waals surface area contributed by atoms with E-state index >= 15 is 0 Å². The molecule has 1 fully saturated rings. The first-order valence-corrected chi connectivity index (χ1v) is 8.98. The highest BCUT2D eigenvalue weighted by molar-refractivity contribution is 6.33. The van der Waals surface area contributed by atoms with Crippen molar-refractivity contribution in [1.82, 2.24) is 9.80 Å². The molecule has 2 aromatic rings. The Hall–Kier alpha value is -2.80. The van der Waals surface area contributed by atoms with Gasteiger partial charge in [0.15, 0.2) is 5.76 Å². The smallest absolute Gasteiger partial charge is 0.289 e. The summed E-state index contributed by atoms with van der Waals surface area (Å²) in [4.78, 5) is 41.6. The number of rotatable bonds is 4. The molecule has 2 heterocycles. The highest BCUT2D eigenvalue weighted by atomic mass is 35.5. The second-order valence-electron chi connectivity index (χ2n) is 6.21. The lowest BCUT2D eigenvalue weighted by atomic mass is 10.2. The summed E-state index contributed by atoms with van der Waals surface area (Å²) in [6, 6.07) is 10.2. The van der Waals surface area contributed by atoms with Gasteiger partial charge in [-0.1, -0.05) is 23.7 Å². The van der Waals surface area contributed by atoms with E-state index in [-0.39, 0.29) is 30.0 Å². The minimum absolute atomic E-state index is 0.0921. The summed E-state index contributed by atoms with van der Waals surface area (Å²) in [5.74, 6) is -0.344. The SMILES string of the molecule is CC(=O)N(CC(=O)N1CCN(C(=O)c2ccco2)CC1)c1ccccc1Cl. The zero-order valence-corrected chi connectivity index (χ0v) is 15.7. The van der Waals surface area contributed by atoms with Gasteiger partial charge in [0.1, 0.15) is 6.54 Å². The van der Waals surface area contributed by atoms with Crippen LogP contribution in [0.15, 0.2) is 47.1 Å². The highest BCUT2D eigenvalue weighted by Crippen LogP contribution is 2.25. The summed E-state index contributed by atoms with van der Waals surface area (Å²) < 4.78 is 5.13. The van der Waals surface area contributed by atoms with Gasteiger partial charge in [-0.15, -0.1) is 0 Å². The van der Waals surface area contributed by atoms with E-state index in [0.717, 1.165) is 0 Å². The third-order valence-electron chi connectivity index (χ3n) is 4.47. The van der Waals surface area contributed by atoms with Crippen LogP contribution in [0.5, 0.6) is 0 Å². The monoisotopic (exact) mass is 389 g/mol.